The van der Waals surface area contributed by atoms with Crippen LogP contribution in [0.4, 0.5) is 0 Å². The number of aromatic nitrogens is 1. The summed E-state index contributed by atoms with van der Waals surface area (Å²) in [6, 6.07) is 11.4. The molecule has 2 saturated heterocycles. The fraction of sp³-hybridized carbons (Fsp3) is 0.423. The van der Waals surface area contributed by atoms with Crippen LogP contribution in [0.2, 0.25) is 0 Å². The predicted molar refractivity (Wildman–Crippen MR) is 122 cm³/mol. The van der Waals surface area contributed by atoms with Crippen molar-refractivity contribution in [3.05, 3.63) is 65.5 Å². The first-order chi connectivity index (χ1) is 15.5. The molecule has 2 amide bonds. The lowest BCUT2D eigenvalue weighted by Crippen LogP contribution is -2.73. The van der Waals surface area contributed by atoms with Gasteiger partial charge in [0.2, 0.25) is 11.8 Å². The van der Waals surface area contributed by atoms with Gasteiger partial charge in [-0.3, -0.25) is 14.6 Å². The number of nitrogens with zero attached hydrogens (tertiary/aromatic N) is 3. The van der Waals surface area contributed by atoms with Crippen LogP contribution in [-0.2, 0) is 16.0 Å². The highest BCUT2D eigenvalue weighted by molar-refractivity contribution is 5.88. The number of hydrogen-bond acceptors (Lipinski definition) is 4. The van der Waals surface area contributed by atoms with E-state index in [9.17, 15) is 14.7 Å². The highest BCUT2D eigenvalue weighted by Crippen LogP contribution is 2.42. The molecule has 166 valence electrons. The number of aliphatic hydroxyl groups is 1. The number of carbonyl (C=O) groups is 2. The maximum absolute atomic E-state index is 12.8. The molecule has 4 rings (SSSR count). The number of amides is 2. The van der Waals surface area contributed by atoms with E-state index in [0.29, 0.717) is 12.5 Å². The molecule has 0 bridgehead atoms. The molecule has 32 heavy (non-hydrogen) atoms. The predicted octanol–water partition coefficient (Wildman–Crippen LogP) is 2.22. The van der Waals surface area contributed by atoms with E-state index in [-0.39, 0.29) is 49.4 Å². The fourth-order valence-corrected chi connectivity index (χ4v) is 4.62. The van der Waals surface area contributed by atoms with Gasteiger partial charge in [0.1, 0.15) is 0 Å². The van der Waals surface area contributed by atoms with Crippen LogP contribution in [0.1, 0.15) is 42.9 Å². The van der Waals surface area contributed by atoms with Crippen LogP contribution in [-0.4, -0.2) is 63.5 Å². The maximum atomic E-state index is 12.8. The monoisotopic (exact) mass is 431 g/mol. The van der Waals surface area contributed by atoms with E-state index in [1.807, 2.05) is 30.3 Å². The van der Waals surface area contributed by atoms with E-state index in [2.05, 4.69) is 30.7 Å². The van der Waals surface area contributed by atoms with Crippen molar-refractivity contribution in [3.63, 3.8) is 0 Å². The summed E-state index contributed by atoms with van der Waals surface area (Å²) in [5.41, 5.74) is 2.85. The van der Waals surface area contributed by atoms with Crippen LogP contribution < -0.4 is 0 Å². The van der Waals surface area contributed by atoms with Gasteiger partial charge in [-0.25, -0.2) is 0 Å². The molecule has 1 aromatic heterocycles. The van der Waals surface area contributed by atoms with Gasteiger partial charge in [-0.2, -0.15) is 0 Å². The Hall–Kier alpha value is -3.17. The first kappa shape index (κ1) is 22.0. The lowest BCUT2D eigenvalue weighted by molar-refractivity contribution is -0.166. The average molecular weight is 432 g/mol. The lowest BCUT2D eigenvalue weighted by Gasteiger charge is -2.58. The van der Waals surface area contributed by atoms with Gasteiger partial charge in [0.15, 0.2) is 0 Å². The van der Waals surface area contributed by atoms with E-state index in [1.165, 1.54) is 0 Å². The third kappa shape index (κ3) is 4.53. The molecule has 2 aliphatic heterocycles. The number of rotatable bonds is 5. The molecular formula is C26H29N3O3. The van der Waals surface area contributed by atoms with Gasteiger partial charge in [0.05, 0.1) is 31.7 Å². The van der Waals surface area contributed by atoms with E-state index < -0.39 is 0 Å². The Morgan fingerprint density at radius 1 is 1.25 bits per heavy atom. The fourth-order valence-electron chi connectivity index (χ4n) is 4.62. The molecular weight excluding hydrogens is 402 g/mol. The van der Waals surface area contributed by atoms with Gasteiger partial charge in [-0.1, -0.05) is 43.9 Å². The van der Waals surface area contributed by atoms with Gasteiger partial charge < -0.3 is 14.9 Å². The Morgan fingerprint density at radius 3 is 2.69 bits per heavy atom. The van der Waals surface area contributed by atoms with Crippen molar-refractivity contribution in [1.82, 2.24) is 14.8 Å². The van der Waals surface area contributed by atoms with E-state index >= 15 is 0 Å². The second kappa shape index (κ2) is 9.54. The van der Waals surface area contributed by atoms with Crippen LogP contribution >= 0.6 is 0 Å². The Balaban J connectivity index is 1.48. The van der Waals surface area contributed by atoms with Gasteiger partial charge in [-0.15, -0.1) is 0 Å². The van der Waals surface area contributed by atoms with E-state index in [4.69, 9.17) is 0 Å². The van der Waals surface area contributed by atoms with Crippen LogP contribution in [0.3, 0.4) is 0 Å². The highest BCUT2D eigenvalue weighted by atomic mass is 16.3. The molecule has 6 nitrogen and oxygen atoms in total. The first-order valence-corrected chi connectivity index (χ1v) is 11.2. The number of aliphatic hydroxyl groups excluding tert-OH is 1. The minimum Gasteiger partial charge on any atom is -0.394 e. The third-order valence-electron chi connectivity index (χ3n) is 6.22. The molecule has 0 unspecified atom stereocenters. The maximum Gasteiger partial charge on any atom is 0.242 e. The van der Waals surface area contributed by atoms with Gasteiger partial charge in [-0.05, 0) is 35.2 Å². The van der Waals surface area contributed by atoms with Gasteiger partial charge >= 0.3 is 0 Å². The normalized spacial score (nSPS) is 22.1. The average Bonchev–Trinajstić information content (AvgIpc) is 2.76. The van der Waals surface area contributed by atoms with Gasteiger partial charge in [0, 0.05) is 36.8 Å². The SMILES string of the molecule is CC(C)CC#Cc1ccc([C@H]2[C@@H](CO)N3C(=O)CN(C(=O)Cc4cccnc4)C[C@H]23)cc1. The molecule has 3 atom stereocenters. The standard InChI is InChI=1S/C26H29N3O3/c1-18(2)5-3-6-19-8-10-21(11-9-19)26-22-15-28(16-25(32)29(22)23(26)17-30)24(31)13-20-7-4-12-27-14-20/h4,7-12,14,18,22-23,26,30H,5,13,15-17H2,1-2H3/t22-,23-,26-/m1/s1. The summed E-state index contributed by atoms with van der Waals surface area (Å²) in [5.74, 6) is 6.74. The third-order valence-corrected chi connectivity index (χ3v) is 6.22. The minimum absolute atomic E-state index is 0.00406. The minimum atomic E-state index is -0.249. The van der Waals surface area contributed by atoms with Crippen molar-refractivity contribution >= 4 is 11.8 Å². The summed E-state index contributed by atoms with van der Waals surface area (Å²) in [6.45, 7) is 4.73. The van der Waals surface area contributed by atoms with Crippen molar-refractivity contribution in [1.29, 1.82) is 0 Å². The summed E-state index contributed by atoms with van der Waals surface area (Å²) in [4.78, 5) is 33.1. The summed E-state index contributed by atoms with van der Waals surface area (Å²) in [7, 11) is 0. The second-order valence-electron chi connectivity index (χ2n) is 8.98. The molecule has 2 aliphatic rings. The second-order valence-corrected chi connectivity index (χ2v) is 8.98. The molecule has 3 heterocycles. The van der Waals surface area contributed by atoms with Crippen LogP contribution in [0.25, 0.3) is 0 Å². The molecule has 1 N–H and O–H groups in total. The number of piperazine rings is 1. The Kier molecular flexibility index (Phi) is 6.57. The van der Waals surface area contributed by atoms with Crippen molar-refractivity contribution in [3.8, 4) is 11.8 Å². The van der Waals surface area contributed by atoms with E-state index in [0.717, 1.165) is 23.1 Å². The molecule has 0 aliphatic carbocycles. The highest BCUT2D eigenvalue weighted by Gasteiger charge is 2.54. The zero-order chi connectivity index (χ0) is 22.7. The summed E-state index contributed by atoms with van der Waals surface area (Å²) in [6.07, 6.45) is 4.44. The zero-order valence-corrected chi connectivity index (χ0v) is 18.6. The largest absolute Gasteiger partial charge is 0.394 e. The Bertz CT molecular complexity index is 1020. The number of pyridine rings is 1. The quantitative estimate of drug-likeness (QED) is 0.737. The van der Waals surface area contributed by atoms with Crippen molar-refractivity contribution < 1.29 is 14.7 Å². The Morgan fingerprint density at radius 2 is 2.03 bits per heavy atom. The molecule has 1 aromatic carbocycles. The molecule has 2 aromatic rings. The first-order valence-electron chi connectivity index (χ1n) is 11.2. The summed E-state index contributed by atoms with van der Waals surface area (Å²) in [5, 5.41) is 9.96. The molecule has 6 heteroatoms. The summed E-state index contributed by atoms with van der Waals surface area (Å²) < 4.78 is 0. The topological polar surface area (TPSA) is 73.7 Å². The lowest BCUT2D eigenvalue weighted by atomic mass is 9.73. The van der Waals surface area contributed by atoms with Crippen LogP contribution in [0.5, 0.6) is 0 Å². The van der Waals surface area contributed by atoms with Crippen LogP contribution in [0.15, 0.2) is 48.8 Å². The molecule has 2 fully saturated rings. The Labute approximate surface area is 189 Å². The number of benzene rings is 1. The van der Waals surface area contributed by atoms with Crippen LogP contribution in [0, 0.1) is 17.8 Å². The van der Waals surface area contributed by atoms with Crippen molar-refractivity contribution in [2.24, 2.45) is 5.92 Å². The smallest absolute Gasteiger partial charge is 0.242 e. The molecule has 0 saturated carbocycles. The van der Waals surface area contributed by atoms with Gasteiger partial charge in [0.25, 0.3) is 0 Å². The zero-order valence-electron chi connectivity index (χ0n) is 18.6. The van der Waals surface area contributed by atoms with Crippen molar-refractivity contribution in [2.45, 2.75) is 44.7 Å². The number of fused-ring (bicyclic) bond motifs is 1. The van der Waals surface area contributed by atoms with Crippen molar-refractivity contribution in [2.75, 3.05) is 19.7 Å². The number of carbonyl (C=O) groups excluding carboxylic acids is 2. The molecule has 0 spiro atoms. The summed E-state index contributed by atoms with van der Waals surface area (Å²) >= 11 is 0. The van der Waals surface area contributed by atoms with E-state index in [1.54, 1.807) is 28.3 Å². The molecule has 0 radical (unpaired) electrons. The number of hydrogen-bond donors (Lipinski definition) is 1.